The van der Waals surface area contributed by atoms with Crippen LogP contribution >= 0.6 is 11.3 Å². The number of hydrogen-bond acceptors (Lipinski definition) is 9. The number of nitrogens with one attached hydrogen (secondary N) is 3. The number of pyridine rings is 2. The van der Waals surface area contributed by atoms with Gasteiger partial charge in [-0.2, -0.15) is 13.2 Å². The Kier molecular flexibility index (Phi) is 9.19. The Labute approximate surface area is 220 Å². The predicted octanol–water partition coefficient (Wildman–Crippen LogP) is 3.36. The molecule has 0 aliphatic heterocycles. The lowest BCUT2D eigenvalue weighted by Gasteiger charge is -2.21. The summed E-state index contributed by atoms with van der Waals surface area (Å²) in [5.74, 6) is 4.84. The van der Waals surface area contributed by atoms with Crippen LogP contribution < -0.4 is 26.6 Å². The van der Waals surface area contributed by atoms with Crippen molar-refractivity contribution in [2.24, 2.45) is 5.84 Å². The normalized spacial score (nSPS) is 12.2. The van der Waals surface area contributed by atoms with Crippen molar-refractivity contribution in [3.8, 4) is 27.6 Å². The summed E-state index contributed by atoms with van der Waals surface area (Å²) in [6.45, 7) is 4.44. The van der Waals surface area contributed by atoms with Gasteiger partial charge >= 0.3 is 12.2 Å². The molecule has 0 aliphatic carbocycles. The first-order chi connectivity index (χ1) is 17.9. The molecule has 0 fully saturated rings. The van der Waals surface area contributed by atoms with Crippen LogP contribution in [0.3, 0.4) is 0 Å². The summed E-state index contributed by atoms with van der Waals surface area (Å²) in [5.41, 5.74) is 1.80. The summed E-state index contributed by atoms with van der Waals surface area (Å²) >= 11 is 0.765. The van der Waals surface area contributed by atoms with Crippen LogP contribution in [0.5, 0.6) is 5.88 Å². The van der Waals surface area contributed by atoms with Crippen molar-refractivity contribution >= 4 is 29.1 Å². The molecule has 3 rings (SSSR count). The Morgan fingerprint density at radius 1 is 1.16 bits per heavy atom. The number of alkyl halides is 3. The molecule has 3 amide bonds. The van der Waals surface area contributed by atoms with Crippen LogP contribution in [-0.4, -0.2) is 65.1 Å². The lowest BCUT2D eigenvalue weighted by molar-refractivity contribution is -0.140. The number of hydrogen-bond donors (Lipinski definition) is 4. The molecule has 0 aliphatic rings. The second-order valence-corrected chi connectivity index (χ2v) is 9.23. The molecule has 3 aromatic rings. The van der Waals surface area contributed by atoms with Crippen LogP contribution in [0.15, 0.2) is 29.9 Å². The maximum atomic E-state index is 13.3. The molecule has 1 unspecified atom stereocenters. The maximum Gasteiger partial charge on any atom is 0.434 e. The number of likely N-dealkylation sites (N-methyl/N-ethyl adjacent to an activating group) is 1. The molecular weight excluding hydrogens is 525 g/mol. The Morgan fingerprint density at radius 2 is 1.89 bits per heavy atom. The summed E-state index contributed by atoms with van der Waals surface area (Å²) < 4.78 is 46.1. The zero-order valence-electron chi connectivity index (χ0n) is 21.0. The van der Waals surface area contributed by atoms with Gasteiger partial charge in [-0.1, -0.05) is 0 Å². The van der Waals surface area contributed by atoms with Crippen molar-refractivity contribution in [1.82, 2.24) is 30.6 Å². The third-order valence-corrected chi connectivity index (χ3v) is 5.85. The molecule has 5 N–H and O–H groups in total. The molecule has 3 aromatic heterocycles. The minimum Gasteiger partial charge on any atom is -0.473 e. The van der Waals surface area contributed by atoms with Crippen molar-refractivity contribution in [3.63, 3.8) is 0 Å². The van der Waals surface area contributed by atoms with Crippen molar-refractivity contribution in [2.45, 2.75) is 26.1 Å². The number of nitrogens with two attached hydrogens (primary N) is 1. The minimum absolute atomic E-state index is 0.00893. The Bertz CT molecular complexity index is 1300. The zero-order valence-corrected chi connectivity index (χ0v) is 21.8. The quantitative estimate of drug-likeness (QED) is 0.180. The van der Waals surface area contributed by atoms with E-state index in [1.807, 2.05) is 31.3 Å². The third kappa shape index (κ3) is 7.14. The van der Waals surface area contributed by atoms with Gasteiger partial charge in [-0.3, -0.25) is 15.5 Å². The van der Waals surface area contributed by atoms with E-state index in [4.69, 9.17) is 10.6 Å². The van der Waals surface area contributed by atoms with Gasteiger partial charge in [0.2, 0.25) is 5.88 Å². The number of nitrogen functional groups attached to an aromatic ring is 1. The van der Waals surface area contributed by atoms with Crippen LogP contribution in [-0.2, 0) is 6.18 Å². The third-order valence-electron chi connectivity index (χ3n) is 4.98. The molecule has 0 saturated carbocycles. The van der Waals surface area contributed by atoms with E-state index >= 15 is 0 Å². The monoisotopic (exact) mass is 552 g/mol. The molecule has 1 atom stereocenters. The second-order valence-electron chi connectivity index (χ2n) is 8.38. The molecule has 0 spiro atoms. The molecule has 38 heavy (non-hydrogen) atoms. The first kappa shape index (κ1) is 28.7. The number of ether oxygens (including phenoxy) is 1. The highest BCUT2D eigenvalue weighted by atomic mass is 32.1. The van der Waals surface area contributed by atoms with E-state index in [1.165, 1.54) is 24.5 Å². The van der Waals surface area contributed by atoms with Crippen molar-refractivity contribution in [2.75, 3.05) is 32.5 Å². The average molecular weight is 553 g/mol. The standard InChI is InChI=1S/C23H27F3N8O3S/c1-5-28-22(36)32-18-7-15(21-31-17(11-38-21)23(24,25)26)16(9-29-18)14-6-13(19(35)33-27)8-30-20(14)37-12(2)10-34(3)4/h6-9,11-12H,5,10,27H2,1-4H3,(H,33,35)(H2,28,29,32,36). The molecule has 0 radical (unpaired) electrons. The topological polar surface area (TPSA) is 147 Å². The van der Waals surface area contributed by atoms with Crippen molar-refractivity contribution in [1.29, 1.82) is 0 Å². The number of aromatic nitrogens is 3. The largest absolute Gasteiger partial charge is 0.473 e. The Morgan fingerprint density at radius 3 is 2.50 bits per heavy atom. The highest BCUT2D eigenvalue weighted by Gasteiger charge is 2.34. The fourth-order valence-electron chi connectivity index (χ4n) is 3.45. The number of halogens is 3. The van der Waals surface area contributed by atoms with Gasteiger partial charge in [-0.05, 0) is 40.1 Å². The molecule has 15 heteroatoms. The summed E-state index contributed by atoms with van der Waals surface area (Å²) in [6, 6.07) is 2.30. The lowest BCUT2D eigenvalue weighted by atomic mass is 10.0. The predicted molar refractivity (Wildman–Crippen MR) is 137 cm³/mol. The molecule has 11 nitrogen and oxygen atoms in total. The number of urea groups is 1. The summed E-state index contributed by atoms with van der Waals surface area (Å²) in [4.78, 5) is 38.5. The van der Waals surface area contributed by atoms with Crippen LogP contribution in [0.4, 0.5) is 23.8 Å². The van der Waals surface area contributed by atoms with Crippen LogP contribution in [0.2, 0.25) is 0 Å². The van der Waals surface area contributed by atoms with Gasteiger partial charge in [-0.25, -0.2) is 25.6 Å². The molecule has 0 bridgehead atoms. The molecule has 3 heterocycles. The zero-order chi connectivity index (χ0) is 28.0. The van der Waals surface area contributed by atoms with Gasteiger partial charge in [0.15, 0.2) is 5.69 Å². The minimum atomic E-state index is -4.65. The van der Waals surface area contributed by atoms with Crippen molar-refractivity contribution in [3.05, 3.63) is 41.2 Å². The van der Waals surface area contributed by atoms with Gasteiger partial charge in [0.05, 0.1) is 5.56 Å². The van der Waals surface area contributed by atoms with Gasteiger partial charge < -0.3 is 15.0 Å². The fraction of sp³-hybridized carbons (Fsp3) is 0.348. The van der Waals surface area contributed by atoms with Gasteiger partial charge in [0.1, 0.15) is 16.9 Å². The first-order valence-electron chi connectivity index (χ1n) is 11.3. The van der Waals surface area contributed by atoms with Crippen LogP contribution in [0, 0.1) is 0 Å². The van der Waals surface area contributed by atoms with E-state index in [2.05, 4.69) is 25.6 Å². The molecule has 0 saturated heterocycles. The Balaban J connectivity index is 2.21. The number of carbonyl (C=O) groups is 2. The molecular formula is C23H27F3N8O3S. The van der Waals surface area contributed by atoms with Crippen LogP contribution in [0.25, 0.3) is 21.7 Å². The fourth-order valence-corrected chi connectivity index (χ4v) is 4.31. The summed E-state index contributed by atoms with van der Waals surface area (Å²) in [5, 5.41) is 5.99. The van der Waals surface area contributed by atoms with E-state index in [1.54, 1.807) is 6.92 Å². The van der Waals surface area contributed by atoms with E-state index in [0.29, 0.717) is 13.1 Å². The number of thiazole rings is 1. The van der Waals surface area contributed by atoms with Gasteiger partial charge in [0.25, 0.3) is 5.91 Å². The first-order valence-corrected chi connectivity index (χ1v) is 12.2. The number of anilines is 1. The van der Waals surface area contributed by atoms with Crippen molar-refractivity contribution < 1.29 is 27.5 Å². The number of amides is 3. The van der Waals surface area contributed by atoms with E-state index < -0.39 is 23.8 Å². The smallest absolute Gasteiger partial charge is 0.434 e. The van der Waals surface area contributed by atoms with Crippen LogP contribution in [0.1, 0.15) is 29.9 Å². The number of nitrogens with zero attached hydrogens (tertiary/aromatic N) is 4. The number of carbonyl (C=O) groups excluding carboxylic acids is 2. The number of rotatable bonds is 9. The Hall–Kier alpha value is -3.82. The molecule has 204 valence electrons. The number of hydrazine groups is 1. The van der Waals surface area contributed by atoms with E-state index in [9.17, 15) is 22.8 Å². The van der Waals surface area contributed by atoms with Gasteiger partial charge in [-0.15, -0.1) is 11.3 Å². The summed E-state index contributed by atoms with van der Waals surface area (Å²) in [6.07, 6.45) is -2.37. The summed E-state index contributed by atoms with van der Waals surface area (Å²) in [7, 11) is 3.73. The highest BCUT2D eigenvalue weighted by Crippen LogP contribution is 2.41. The second kappa shape index (κ2) is 12.1. The maximum absolute atomic E-state index is 13.3. The molecule has 0 aromatic carbocycles. The van der Waals surface area contributed by atoms with Gasteiger partial charge in [0, 0.05) is 47.6 Å². The average Bonchev–Trinajstić information content (AvgIpc) is 3.34. The van der Waals surface area contributed by atoms with E-state index in [-0.39, 0.29) is 45.1 Å². The SMILES string of the molecule is CCNC(=O)Nc1cc(-c2nc(C(F)(F)F)cs2)c(-c2cc(C(=O)NN)cnc2OC(C)CN(C)C)cn1. The lowest BCUT2D eigenvalue weighted by Crippen LogP contribution is -2.30. The highest BCUT2D eigenvalue weighted by molar-refractivity contribution is 7.13. The van der Waals surface area contributed by atoms with E-state index in [0.717, 1.165) is 16.7 Å².